The van der Waals surface area contributed by atoms with Crippen molar-refractivity contribution >= 4 is 33.7 Å². The molecule has 0 atom stereocenters. The lowest BCUT2D eigenvalue weighted by Gasteiger charge is -2.07. The van der Waals surface area contributed by atoms with Crippen LogP contribution in [0.5, 0.6) is 5.75 Å². The van der Waals surface area contributed by atoms with Gasteiger partial charge in [0.1, 0.15) is 10.8 Å². The zero-order valence-electron chi connectivity index (χ0n) is 15.2. The summed E-state index contributed by atoms with van der Waals surface area (Å²) in [5, 5.41) is 6.45. The summed E-state index contributed by atoms with van der Waals surface area (Å²) in [6.45, 7) is 2.57. The number of hydrogen-bond acceptors (Lipinski definition) is 6. The van der Waals surface area contributed by atoms with Gasteiger partial charge in [0.2, 0.25) is 5.91 Å². The van der Waals surface area contributed by atoms with Crippen molar-refractivity contribution in [3.63, 3.8) is 0 Å². The van der Waals surface area contributed by atoms with Crippen LogP contribution in [0.4, 0.5) is 5.13 Å². The van der Waals surface area contributed by atoms with Gasteiger partial charge in [0.05, 0.1) is 30.0 Å². The highest BCUT2D eigenvalue weighted by Crippen LogP contribution is 2.33. The summed E-state index contributed by atoms with van der Waals surface area (Å²) in [6.07, 6.45) is 4.76. The number of fused-ring (bicyclic) bond motifs is 1. The predicted octanol–water partition coefficient (Wildman–Crippen LogP) is 4.73. The number of rotatable bonds is 6. The normalized spacial score (nSPS) is 13.2. The van der Waals surface area contributed by atoms with Crippen molar-refractivity contribution in [3.05, 3.63) is 45.9 Å². The number of thiazole rings is 2. The second-order valence-electron chi connectivity index (χ2n) is 6.39. The van der Waals surface area contributed by atoms with E-state index in [1.54, 1.807) is 11.3 Å². The Hall–Kier alpha value is -2.25. The van der Waals surface area contributed by atoms with Crippen molar-refractivity contribution in [2.24, 2.45) is 0 Å². The predicted molar refractivity (Wildman–Crippen MR) is 110 cm³/mol. The highest BCUT2D eigenvalue weighted by atomic mass is 32.1. The Labute approximate surface area is 166 Å². The van der Waals surface area contributed by atoms with Gasteiger partial charge < -0.3 is 10.1 Å². The van der Waals surface area contributed by atoms with Crippen LogP contribution in [0.1, 0.15) is 36.0 Å². The van der Waals surface area contributed by atoms with Gasteiger partial charge in [0.15, 0.2) is 5.13 Å². The van der Waals surface area contributed by atoms with Crippen LogP contribution in [0.3, 0.4) is 0 Å². The van der Waals surface area contributed by atoms with Gasteiger partial charge >= 0.3 is 0 Å². The molecule has 0 radical (unpaired) electrons. The van der Waals surface area contributed by atoms with E-state index in [1.165, 1.54) is 29.1 Å². The number of carbonyl (C=O) groups excluding carboxylic acids is 1. The lowest BCUT2D eigenvalue weighted by molar-refractivity contribution is -0.115. The first-order chi connectivity index (χ1) is 13.2. The Morgan fingerprint density at radius 3 is 2.93 bits per heavy atom. The lowest BCUT2D eigenvalue weighted by atomic mass is 10.0. The van der Waals surface area contributed by atoms with Crippen LogP contribution < -0.4 is 10.1 Å². The average Bonchev–Trinajstić information content (AvgIpc) is 3.28. The molecule has 1 aliphatic rings. The third-order valence-electron chi connectivity index (χ3n) is 4.40. The number of amides is 1. The SMILES string of the molecule is CCOc1ccccc1-c1nc(CC(=O)Nc2nc3c(s2)CCCC3)cs1. The van der Waals surface area contributed by atoms with E-state index in [4.69, 9.17) is 4.74 Å². The van der Waals surface area contributed by atoms with E-state index in [0.717, 1.165) is 40.6 Å². The fraction of sp³-hybridized carbons (Fsp3) is 0.350. The Kier molecular flexibility index (Phi) is 5.50. The number of ether oxygens (including phenoxy) is 1. The van der Waals surface area contributed by atoms with E-state index in [0.29, 0.717) is 11.7 Å². The van der Waals surface area contributed by atoms with Crippen LogP contribution in [0, 0.1) is 0 Å². The first-order valence-corrected chi connectivity index (χ1v) is 10.9. The molecule has 27 heavy (non-hydrogen) atoms. The molecule has 0 fully saturated rings. The largest absolute Gasteiger partial charge is 0.493 e. The van der Waals surface area contributed by atoms with Crippen LogP contribution in [-0.4, -0.2) is 22.5 Å². The zero-order valence-corrected chi connectivity index (χ0v) is 16.8. The maximum atomic E-state index is 12.4. The molecule has 2 heterocycles. The van der Waals surface area contributed by atoms with Gasteiger partial charge in [-0.25, -0.2) is 9.97 Å². The number of nitrogens with one attached hydrogen (secondary N) is 1. The minimum atomic E-state index is -0.0731. The molecule has 0 aliphatic heterocycles. The van der Waals surface area contributed by atoms with Gasteiger partial charge in [-0.2, -0.15) is 0 Å². The summed E-state index contributed by atoms with van der Waals surface area (Å²) in [6, 6.07) is 7.85. The monoisotopic (exact) mass is 399 g/mol. The van der Waals surface area contributed by atoms with E-state index >= 15 is 0 Å². The molecule has 3 aromatic rings. The Morgan fingerprint density at radius 1 is 1.22 bits per heavy atom. The van der Waals surface area contributed by atoms with Crippen molar-refractivity contribution in [3.8, 4) is 16.3 Å². The number of carbonyl (C=O) groups is 1. The lowest BCUT2D eigenvalue weighted by Crippen LogP contribution is -2.14. The number of aryl methyl sites for hydroxylation is 2. The second-order valence-corrected chi connectivity index (χ2v) is 8.34. The minimum absolute atomic E-state index is 0.0731. The molecule has 0 saturated heterocycles. The van der Waals surface area contributed by atoms with Gasteiger partial charge in [-0.05, 0) is 44.7 Å². The Bertz CT molecular complexity index is 925. The first-order valence-electron chi connectivity index (χ1n) is 9.18. The minimum Gasteiger partial charge on any atom is -0.493 e. The van der Waals surface area contributed by atoms with Crippen LogP contribution in [0.2, 0.25) is 0 Å². The molecule has 4 rings (SSSR count). The summed E-state index contributed by atoms with van der Waals surface area (Å²) in [4.78, 5) is 22.9. The van der Waals surface area contributed by atoms with Crippen LogP contribution in [-0.2, 0) is 24.1 Å². The maximum absolute atomic E-state index is 12.4. The number of aromatic nitrogens is 2. The van der Waals surface area contributed by atoms with Crippen LogP contribution in [0.15, 0.2) is 29.6 Å². The van der Waals surface area contributed by atoms with Gasteiger partial charge in [-0.15, -0.1) is 22.7 Å². The van der Waals surface area contributed by atoms with E-state index in [-0.39, 0.29) is 12.3 Å². The van der Waals surface area contributed by atoms with Gasteiger partial charge in [-0.1, -0.05) is 12.1 Å². The second kappa shape index (κ2) is 8.19. The summed E-state index contributed by atoms with van der Waals surface area (Å²) < 4.78 is 5.68. The molecule has 2 aromatic heterocycles. The molecule has 1 aromatic carbocycles. The summed E-state index contributed by atoms with van der Waals surface area (Å²) in [5.74, 6) is 0.745. The van der Waals surface area contributed by atoms with Crippen molar-refractivity contribution in [2.75, 3.05) is 11.9 Å². The topological polar surface area (TPSA) is 64.1 Å². The van der Waals surface area contributed by atoms with Crippen molar-refractivity contribution in [1.82, 2.24) is 9.97 Å². The molecule has 1 amide bonds. The molecule has 140 valence electrons. The van der Waals surface area contributed by atoms with Crippen molar-refractivity contribution in [1.29, 1.82) is 0 Å². The molecule has 0 spiro atoms. The van der Waals surface area contributed by atoms with Crippen molar-refractivity contribution < 1.29 is 9.53 Å². The van der Waals surface area contributed by atoms with E-state index in [9.17, 15) is 4.79 Å². The fourth-order valence-electron chi connectivity index (χ4n) is 3.17. The summed E-state index contributed by atoms with van der Waals surface area (Å²) in [5.41, 5.74) is 2.88. The molecular formula is C20H21N3O2S2. The molecule has 1 N–H and O–H groups in total. The van der Waals surface area contributed by atoms with E-state index in [1.807, 2.05) is 36.6 Å². The molecule has 1 aliphatic carbocycles. The van der Waals surface area contributed by atoms with Gasteiger partial charge in [0, 0.05) is 10.3 Å². The smallest absolute Gasteiger partial charge is 0.232 e. The number of anilines is 1. The fourth-order valence-corrected chi connectivity index (χ4v) is 5.09. The van der Waals surface area contributed by atoms with Crippen molar-refractivity contribution in [2.45, 2.75) is 39.0 Å². The molecule has 0 bridgehead atoms. The van der Waals surface area contributed by atoms with Gasteiger partial charge in [0.25, 0.3) is 0 Å². The first kappa shape index (κ1) is 18.1. The van der Waals surface area contributed by atoms with E-state index < -0.39 is 0 Å². The zero-order chi connectivity index (χ0) is 18.6. The Morgan fingerprint density at radius 2 is 2.07 bits per heavy atom. The molecule has 5 nitrogen and oxygen atoms in total. The third kappa shape index (κ3) is 4.20. The van der Waals surface area contributed by atoms with E-state index in [2.05, 4.69) is 15.3 Å². The summed E-state index contributed by atoms with van der Waals surface area (Å²) in [7, 11) is 0. The number of para-hydroxylation sites is 1. The average molecular weight is 400 g/mol. The number of nitrogens with zero attached hydrogens (tertiary/aromatic N) is 2. The van der Waals surface area contributed by atoms with Crippen LogP contribution in [0.25, 0.3) is 10.6 Å². The number of hydrogen-bond donors (Lipinski definition) is 1. The maximum Gasteiger partial charge on any atom is 0.232 e. The molecule has 7 heteroatoms. The highest BCUT2D eigenvalue weighted by Gasteiger charge is 2.17. The molecule has 0 unspecified atom stereocenters. The third-order valence-corrected chi connectivity index (χ3v) is 6.40. The number of benzene rings is 1. The summed E-state index contributed by atoms with van der Waals surface area (Å²) >= 11 is 3.14. The molecule has 0 saturated carbocycles. The Balaban J connectivity index is 1.43. The van der Waals surface area contributed by atoms with Gasteiger partial charge in [-0.3, -0.25) is 4.79 Å². The van der Waals surface area contributed by atoms with Crippen LogP contribution >= 0.6 is 22.7 Å². The molecular weight excluding hydrogens is 378 g/mol. The standard InChI is InChI=1S/C20H21N3O2S2/c1-2-25-16-9-5-3-7-14(16)19-21-13(12-26-19)11-18(24)23-20-22-15-8-4-6-10-17(15)27-20/h3,5,7,9,12H,2,4,6,8,10-11H2,1H3,(H,22,23,24). The highest BCUT2D eigenvalue weighted by molar-refractivity contribution is 7.16. The quantitative estimate of drug-likeness (QED) is 0.651.